The average molecular weight is 545 g/mol. The number of hydrogen-bond donors (Lipinski definition) is 1. The summed E-state index contributed by atoms with van der Waals surface area (Å²) in [7, 11) is 0. The normalized spacial score (nSPS) is 14.0. The number of ether oxygens (including phenoxy) is 2. The average Bonchev–Trinajstić information content (AvgIpc) is 3.40. The van der Waals surface area contributed by atoms with E-state index in [1.54, 1.807) is 22.6 Å². The molecule has 2 bridgehead atoms. The van der Waals surface area contributed by atoms with Gasteiger partial charge in [-0.1, -0.05) is 5.92 Å². The molecule has 202 valence electrons. The van der Waals surface area contributed by atoms with E-state index in [0.717, 1.165) is 39.3 Å². The number of pyridine rings is 1. The van der Waals surface area contributed by atoms with Crippen LogP contribution in [0.3, 0.4) is 0 Å². The van der Waals surface area contributed by atoms with Gasteiger partial charge in [-0.15, -0.1) is 0 Å². The maximum Gasteiger partial charge on any atom is 0.302 e. The summed E-state index contributed by atoms with van der Waals surface area (Å²) in [5, 5.41) is 8.42. The lowest BCUT2D eigenvalue weighted by atomic mass is 10.1. The summed E-state index contributed by atoms with van der Waals surface area (Å²) in [4.78, 5) is 29.6. The van der Waals surface area contributed by atoms with Gasteiger partial charge in [-0.3, -0.25) is 9.69 Å². The number of fused-ring (bicyclic) bond motifs is 6. The minimum Gasteiger partial charge on any atom is -0.461 e. The first-order valence-corrected chi connectivity index (χ1v) is 13.0. The van der Waals surface area contributed by atoms with Gasteiger partial charge in [0.25, 0.3) is 0 Å². The molecule has 2 aromatic carbocycles. The molecular formula is C30H24N8O3. The zero-order valence-electron chi connectivity index (χ0n) is 22.3. The van der Waals surface area contributed by atoms with Gasteiger partial charge in [-0.2, -0.15) is 5.10 Å². The number of piperazine rings is 1. The number of carbonyl (C=O) groups excluding carboxylic acids is 1. The van der Waals surface area contributed by atoms with E-state index in [1.807, 2.05) is 55.6 Å². The van der Waals surface area contributed by atoms with Crippen LogP contribution in [0.4, 0.5) is 17.2 Å². The van der Waals surface area contributed by atoms with E-state index < -0.39 is 0 Å². The molecule has 1 N–H and O–H groups in total. The largest absolute Gasteiger partial charge is 0.461 e. The monoisotopic (exact) mass is 544 g/mol. The fourth-order valence-corrected chi connectivity index (χ4v) is 5.05. The summed E-state index contributed by atoms with van der Waals surface area (Å²) < 4.78 is 13.8. The number of nitrogens with zero attached hydrogens (tertiary/aromatic N) is 7. The van der Waals surface area contributed by atoms with Crippen molar-refractivity contribution in [2.24, 2.45) is 0 Å². The Morgan fingerprint density at radius 1 is 1.07 bits per heavy atom. The van der Waals surface area contributed by atoms with Gasteiger partial charge in [0.15, 0.2) is 11.4 Å². The van der Waals surface area contributed by atoms with Crippen molar-refractivity contribution in [3.8, 4) is 29.1 Å². The third-order valence-electron chi connectivity index (χ3n) is 7.07. The summed E-state index contributed by atoms with van der Waals surface area (Å²) in [5.41, 5.74) is 4.96. The fourth-order valence-electron chi connectivity index (χ4n) is 5.05. The summed E-state index contributed by atoms with van der Waals surface area (Å²) in [6.45, 7) is 5.36. The SMILES string of the molecule is CC#CC(=O)N1CCN2CC1=COc1cc3ncnc(Nc4ccc(Oc5ccn6ncnc6c5)c(C)c4)c3cc12. The van der Waals surface area contributed by atoms with Gasteiger partial charge in [-0.05, 0) is 55.7 Å². The van der Waals surface area contributed by atoms with Crippen LogP contribution >= 0.6 is 0 Å². The number of nitrogens with one attached hydrogen (secondary N) is 1. The Bertz CT molecular complexity index is 1940. The Hall–Kier alpha value is -5.63. The molecule has 1 saturated heterocycles. The Labute approximate surface area is 235 Å². The first-order valence-electron chi connectivity index (χ1n) is 13.0. The predicted octanol–water partition coefficient (Wildman–Crippen LogP) is 4.42. The van der Waals surface area contributed by atoms with Crippen LogP contribution in [0.25, 0.3) is 16.6 Å². The van der Waals surface area contributed by atoms with Crippen LogP contribution in [0.15, 0.2) is 73.3 Å². The highest BCUT2D eigenvalue weighted by atomic mass is 16.5. The van der Waals surface area contributed by atoms with Gasteiger partial charge in [0.1, 0.15) is 36.2 Å². The number of aromatic nitrogens is 5. The Balaban J connectivity index is 1.15. The molecule has 11 heteroatoms. The second-order valence-electron chi connectivity index (χ2n) is 9.67. The van der Waals surface area contributed by atoms with Crippen LogP contribution in [0, 0.1) is 18.8 Å². The highest BCUT2D eigenvalue weighted by Gasteiger charge is 2.30. The van der Waals surface area contributed by atoms with Crippen LogP contribution in [0.5, 0.6) is 17.2 Å². The van der Waals surface area contributed by atoms with Crippen molar-refractivity contribution in [3.05, 3.63) is 78.8 Å². The Kier molecular flexibility index (Phi) is 5.86. The predicted molar refractivity (Wildman–Crippen MR) is 153 cm³/mol. The lowest BCUT2D eigenvalue weighted by molar-refractivity contribution is -0.123. The zero-order valence-corrected chi connectivity index (χ0v) is 22.3. The van der Waals surface area contributed by atoms with Crippen molar-refractivity contribution in [2.75, 3.05) is 29.9 Å². The van der Waals surface area contributed by atoms with E-state index in [4.69, 9.17) is 9.47 Å². The smallest absolute Gasteiger partial charge is 0.302 e. The van der Waals surface area contributed by atoms with Crippen LogP contribution in [0.1, 0.15) is 12.5 Å². The highest BCUT2D eigenvalue weighted by molar-refractivity contribution is 5.96. The quantitative estimate of drug-likeness (QED) is 0.329. The van der Waals surface area contributed by atoms with Crippen molar-refractivity contribution in [2.45, 2.75) is 13.8 Å². The highest BCUT2D eigenvalue weighted by Crippen LogP contribution is 2.39. The van der Waals surface area contributed by atoms with Crippen LogP contribution in [-0.4, -0.2) is 55.0 Å². The molecule has 0 atom stereocenters. The zero-order chi connectivity index (χ0) is 27.9. The Morgan fingerprint density at radius 3 is 2.88 bits per heavy atom. The molecule has 41 heavy (non-hydrogen) atoms. The lowest BCUT2D eigenvalue weighted by Gasteiger charge is -2.35. The molecule has 1 amide bonds. The maximum absolute atomic E-state index is 12.5. The Morgan fingerprint density at radius 2 is 2.00 bits per heavy atom. The van der Waals surface area contributed by atoms with E-state index in [1.165, 1.54) is 12.7 Å². The number of benzene rings is 2. The van der Waals surface area contributed by atoms with Gasteiger partial charge < -0.3 is 19.7 Å². The number of aryl methyl sites for hydroxylation is 1. The van der Waals surface area contributed by atoms with Gasteiger partial charge in [-0.25, -0.2) is 19.5 Å². The van der Waals surface area contributed by atoms with Crippen LogP contribution in [0.2, 0.25) is 0 Å². The second kappa shape index (κ2) is 9.84. The van der Waals surface area contributed by atoms with Crippen molar-refractivity contribution in [1.82, 2.24) is 29.5 Å². The number of anilines is 3. The molecule has 0 unspecified atom stereocenters. The molecule has 3 aromatic heterocycles. The third kappa shape index (κ3) is 4.51. The van der Waals surface area contributed by atoms with E-state index in [2.05, 4.69) is 42.1 Å². The fraction of sp³-hybridized carbons (Fsp3) is 0.167. The lowest BCUT2D eigenvalue weighted by Crippen LogP contribution is -2.46. The number of carbonyl (C=O) groups is 1. The van der Waals surface area contributed by atoms with E-state index >= 15 is 0 Å². The van der Waals surface area contributed by atoms with Gasteiger partial charge >= 0.3 is 5.91 Å². The molecule has 5 heterocycles. The van der Waals surface area contributed by atoms with Crippen molar-refractivity contribution in [1.29, 1.82) is 0 Å². The summed E-state index contributed by atoms with van der Waals surface area (Å²) in [5.74, 6) is 7.85. The molecule has 2 aliphatic rings. The maximum atomic E-state index is 12.5. The molecule has 7 rings (SSSR count). The van der Waals surface area contributed by atoms with Crippen LogP contribution in [-0.2, 0) is 4.79 Å². The molecule has 1 fully saturated rings. The van der Waals surface area contributed by atoms with Gasteiger partial charge in [0.05, 0.1) is 23.4 Å². The van der Waals surface area contributed by atoms with E-state index in [-0.39, 0.29) is 5.91 Å². The molecular weight excluding hydrogens is 520 g/mol. The summed E-state index contributed by atoms with van der Waals surface area (Å²) in [6, 6.07) is 13.5. The standard InChI is InChI=1S/C30H24N8O3/c1-3-4-29(39)37-10-9-36-15-21(37)16-40-27-14-24-23(13-25(27)36)30(33-17-31-24)35-20-5-6-26(19(2)11-20)41-22-7-8-38-28(12-22)32-18-34-38/h5-8,11-14,16-18H,9-10,15H2,1-2H3,(H,31,33,35). The molecule has 11 nitrogen and oxygen atoms in total. The van der Waals surface area contributed by atoms with Crippen molar-refractivity contribution >= 4 is 39.6 Å². The van der Waals surface area contributed by atoms with E-state index in [9.17, 15) is 4.79 Å². The molecule has 0 spiro atoms. The molecule has 2 aliphatic heterocycles. The first kappa shape index (κ1) is 24.4. The number of amides is 1. The number of hydrogen-bond acceptors (Lipinski definition) is 9. The minimum atomic E-state index is -0.224. The number of rotatable bonds is 4. The van der Waals surface area contributed by atoms with E-state index in [0.29, 0.717) is 42.6 Å². The summed E-state index contributed by atoms with van der Waals surface area (Å²) >= 11 is 0. The summed E-state index contributed by atoms with van der Waals surface area (Å²) in [6.07, 6.45) is 6.48. The molecule has 0 aliphatic carbocycles. The van der Waals surface area contributed by atoms with Crippen molar-refractivity contribution < 1.29 is 14.3 Å². The molecule has 0 saturated carbocycles. The molecule has 0 radical (unpaired) electrons. The topological polar surface area (TPSA) is 110 Å². The van der Waals surface area contributed by atoms with Gasteiger partial charge in [0.2, 0.25) is 0 Å². The minimum absolute atomic E-state index is 0.224. The first-order chi connectivity index (χ1) is 20.1. The third-order valence-corrected chi connectivity index (χ3v) is 7.07. The van der Waals surface area contributed by atoms with Crippen molar-refractivity contribution in [3.63, 3.8) is 0 Å². The second-order valence-corrected chi connectivity index (χ2v) is 9.67. The van der Waals surface area contributed by atoms with Gasteiger partial charge in [0, 0.05) is 42.5 Å². The van der Waals surface area contributed by atoms with Crippen LogP contribution < -0.4 is 19.7 Å². The molecule has 5 aromatic rings.